The monoisotopic (exact) mass is 281 g/mol. The van der Waals surface area contributed by atoms with E-state index >= 15 is 0 Å². The summed E-state index contributed by atoms with van der Waals surface area (Å²) in [7, 11) is 1.96. The molecule has 118 valence electrons. The Morgan fingerprint density at radius 1 is 1.25 bits per heavy atom. The van der Waals surface area contributed by atoms with Crippen molar-refractivity contribution >= 4 is 5.78 Å². The fourth-order valence-corrected chi connectivity index (χ4v) is 1.76. The zero-order chi connectivity index (χ0) is 15.6. The van der Waals surface area contributed by atoms with Crippen LogP contribution in [0.25, 0.3) is 0 Å². The smallest absolute Gasteiger partial charge is 0.139 e. The third-order valence-corrected chi connectivity index (χ3v) is 2.99. The minimum atomic E-state index is 0.253. The second kappa shape index (κ2) is 18.1. The van der Waals surface area contributed by atoms with Gasteiger partial charge in [0, 0.05) is 12.3 Å². The molecule has 20 heavy (non-hydrogen) atoms. The van der Waals surface area contributed by atoms with Gasteiger partial charge in [0.05, 0.1) is 0 Å². The number of ketones is 1. The summed E-state index contributed by atoms with van der Waals surface area (Å²) in [5, 5.41) is 3.02. The van der Waals surface area contributed by atoms with E-state index in [0.29, 0.717) is 5.78 Å². The summed E-state index contributed by atoms with van der Waals surface area (Å²) in [4.78, 5) is 11.2. The normalized spacial score (nSPS) is 17.8. The van der Waals surface area contributed by atoms with Crippen LogP contribution in [0.5, 0.6) is 0 Å². The molecule has 1 N–H and O–H groups in total. The number of Topliss-reactive ketones (excluding diaryl/α,β-unsaturated/α-hetero) is 1. The summed E-state index contributed by atoms with van der Waals surface area (Å²) in [5.41, 5.74) is 0. The van der Waals surface area contributed by atoms with E-state index in [1.807, 2.05) is 13.1 Å². The van der Waals surface area contributed by atoms with Gasteiger partial charge in [-0.1, -0.05) is 45.4 Å². The first kappa shape index (κ1) is 21.4. The lowest BCUT2D eigenvalue weighted by molar-refractivity contribution is -0.122. The molecule has 2 heteroatoms. The van der Waals surface area contributed by atoms with Gasteiger partial charge < -0.3 is 5.32 Å². The van der Waals surface area contributed by atoms with Gasteiger partial charge in [-0.15, -0.1) is 6.58 Å². The van der Waals surface area contributed by atoms with Gasteiger partial charge in [-0.05, 0) is 45.7 Å². The summed E-state index contributed by atoms with van der Waals surface area (Å²) in [6.45, 7) is 10.9. The highest BCUT2D eigenvalue weighted by molar-refractivity contribution is 5.83. The van der Waals surface area contributed by atoms with Crippen molar-refractivity contribution < 1.29 is 4.79 Å². The van der Waals surface area contributed by atoms with Gasteiger partial charge in [-0.25, -0.2) is 0 Å². The van der Waals surface area contributed by atoms with Crippen LogP contribution in [0.15, 0.2) is 24.8 Å². The lowest BCUT2D eigenvalue weighted by Gasteiger charge is -2.16. The van der Waals surface area contributed by atoms with Crippen molar-refractivity contribution in [1.29, 1.82) is 0 Å². The lowest BCUT2D eigenvalue weighted by atomic mass is 9.88. The second-order valence-electron chi connectivity index (χ2n) is 4.96. The Balaban J connectivity index is 0. The van der Waals surface area contributed by atoms with Crippen LogP contribution in [0.1, 0.15) is 65.7 Å². The predicted molar refractivity (Wildman–Crippen MR) is 91.1 cm³/mol. The SMILES string of the molecule is C=CCC.CC/C=C/[C@H]1CCCCC1=O.CCCNC. The highest BCUT2D eigenvalue weighted by Gasteiger charge is 2.18. The average molecular weight is 281 g/mol. The maximum atomic E-state index is 11.2. The summed E-state index contributed by atoms with van der Waals surface area (Å²) >= 11 is 0. The van der Waals surface area contributed by atoms with Crippen molar-refractivity contribution in [3.63, 3.8) is 0 Å². The molecule has 0 amide bonds. The van der Waals surface area contributed by atoms with Crippen LogP contribution in [0.2, 0.25) is 0 Å². The Hall–Kier alpha value is -0.890. The molecule has 0 aromatic heterocycles. The largest absolute Gasteiger partial charge is 0.320 e. The Bertz CT molecular complexity index is 244. The number of hydrogen-bond donors (Lipinski definition) is 1. The molecule has 0 saturated heterocycles. The van der Waals surface area contributed by atoms with Gasteiger partial charge in [0.25, 0.3) is 0 Å². The van der Waals surface area contributed by atoms with E-state index in [-0.39, 0.29) is 5.92 Å². The van der Waals surface area contributed by atoms with Gasteiger partial charge in [-0.3, -0.25) is 4.79 Å². The molecule has 0 spiro atoms. The summed E-state index contributed by atoms with van der Waals surface area (Å²) in [6.07, 6.45) is 13.6. The fourth-order valence-electron chi connectivity index (χ4n) is 1.76. The molecule has 0 aliphatic heterocycles. The third kappa shape index (κ3) is 15.2. The maximum absolute atomic E-state index is 11.2. The van der Waals surface area contributed by atoms with Crippen LogP contribution in [0.3, 0.4) is 0 Å². The minimum Gasteiger partial charge on any atom is -0.320 e. The molecule has 1 fully saturated rings. The first-order valence-electron chi connectivity index (χ1n) is 8.12. The van der Waals surface area contributed by atoms with Gasteiger partial charge in [-0.2, -0.15) is 0 Å². The molecule has 1 aliphatic rings. The summed E-state index contributed by atoms with van der Waals surface area (Å²) in [5.74, 6) is 0.699. The second-order valence-corrected chi connectivity index (χ2v) is 4.96. The molecule has 1 aliphatic carbocycles. The van der Waals surface area contributed by atoms with Crippen molar-refractivity contribution in [2.45, 2.75) is 65.7 Å². The lowest BCUT2D eigenvalue weighted by Crippen LogP contribution is -2.16. The van der Waals surface area contributed by atoms with E-state index in [1.165, 1.54) is 12.8 Å². The van der Waals surface area contributed by atoms with Crippen molar-refractivity contribution in [2.24, 2.45) is 5.92 Å². The number of nitrogens with one attached hydrogen (secondary N) is 1. The standard InChI is InChI=1S/C10H16O.C4H11N.C4H8/c1-2-3-6-9-7-4-5-8-10(9)11;1-3-4-5-2;1-3-4-2/h3,6,9H,2,4-5,7-8H2,1H3;5H,3-4H2,1-2H3;3H,1,4H2,2H3/b6-3+;;/t9-;;/m0../s1. The molecule has 0 aromatic rings. The average Bonchev–Trinajstić information content (AvgIpc) is 2.48. The molecule has 1 rings (SSSR count). The first-order valence-corrected chi connectivity index (χ1v) is 8.12. The van der Waals surface area contributed by atoms with Crippen LogP contribution in [-0.4, -0.2) is 19.4 Å². The molecular weight excluding hydrogens is 246 g/mol. The Kier molecular flexibility index (Phi) is 19.4. The van der Waals surface area contributed by atoms with E-state index in [4.69, 9.17) is 0 Å². The van der Waals surface area contributed by atoms with Crippen LogP contribution < -0.4 is 5.32 Å². The van der Waals surface area contributed by atoms with Crippen molar-refractivity contribution in [1.82, 2.24) is 5.32 Å². The maximum Gasteiger partial charge on any atom is 0.139 e. The van der Waals surface area contributed by atoms with Crippen molar-refractivity contribution in [3.8, 4) is 0 Å². The number of hydrogen-bond acceptors (Lipinski definition) is 2. The highest BCUT2D eigenvalue weighted by atomic mass is 16.1. The van der Waals surface area contributed by atoms with Crippen LogP contribution >= 0.6 is 0 Å². The fraction of sp³-hybridized carbons (Fsp3) is 0.722. The minimum absolute atomic E-state index is 0.253. The van der Waals surface area contributed by atoms with Crippen molar-refractivity contribution in [2.75, 3.05) is 13.6 Å². The Morgan fingerprint density at radius 3 is 2.25 bits per heavy atom. The van der Waals surface area contributed by atoms with E-state index < -0.39 is 0 Å². The van der Waals surface area contributed by atoms with E-state index in [9.17, 15) is 4.79 Å². The zero-order valence-corrected chi connectivity index (χ0v) is 14.1. The highest BCUT2D eigenvalue weighted by Crippen LogP contribution is 2.21. The number of rotatable bonds is 5. The molecule has 0 unspecified atom stereocenters. The molecule has 0 heterocycles. The molecule has 2 nitrogen and oxygen atoms in total. The molecule has 0 aromatic carbocycles. The Morgan fingerprint density at radius 2 is 1.90 bits per heavy atom. The van der Waals surface area contributed by atoms with Crippen LogP contribution in [0, 0.1) is 5.92 Å². The van der Waals surface area contributed by atoms with Gasteiger partial charge >= 0.3 is 0 Å². The molecule has 1 atom stereocenters. The predicted octanol–water partition coefficient (Wildman–Crippen LogP) is 4.91. The van der Waals surface area contributed by atoms with E-state index in [2.05, 4.69) is 44.8 Å². The molecule has 1 saturated carbocycles. The van der Waals surface area contributed by atoms with Gasteiger partial charge in [0.1, 0.15) is 5.78 Å². The van der Waals surface area contributed by atoms with E-state index in [1.54, 1.807) is 0 Å². The molecule has 0 radical (unpaired) electrons. The van der Waals surface area contributed by atoms with E-state index in [0.717, 1.165) is 38.6 Å². The van der Waals surface area contributed by atoms with Gasteiger partial charge in [0.15, 0.2) is 0 Å². The third-order valence-electron chi connectivity index (χ3n) is 2.99. The number of carbonyl (C=O) groups excluding carboxylic acids is 1. The quantitative estimate of drug-likeness (QED) is 0.725. The Labute approximate surface area is 126 Å². The first-order chi connectivity index (χ1) is 9.67. The zero-order valence-electron chi connectivity index (χ0n) is 14.1. The summed E-state index contributed by atoms with van der Waals surface area (Å²) < 4.78 is 0. The number of allylic oxidation sites excluding steroid dienone is 3. The van der Waals surface area contributed by atoms with Crippen LogP contribution in [-0.2, 0) is 4.79 Å². The topological polar surface area (TPSA) is 29.1 Å². The summed E-state index contributed by atoms with van der Waals surface area (Å²) in [6, 6.07) is 0. The van der Waals surface area contributed by atoms with Crippen LogP contribution in [0.4, 0.5) is 0 Å². The van der Waals surface area contributed by atoms with Crippen molar-refractivity contribution in [3.05, 3.63) is 24.8 Å². The molecular formula is C18H35NO. The van der Waals surface area contributed by atoms with Gasteiger partial charge in [0.2, 0.25) is 0 Å². The molecule has 0 bridgehead atoms. The number of carbonyl (C=O) groups is 1.